The van der Waals surface area contributed by atoms with E-state index in [1.54, 1.807) is 0 Å². The molecule has 0 spiro atoms. The molecule has 3 aliphatic rings. The summed E-state index contributed by atoms with van der Waals surface area (Å²) in [6, 6.07) is 34.0. The van der Waals surface area contributed by atoms with E-state index in [-0.39, 0.29) is 48.1 Å². The maximum atomic E-state index is 13.9. The molecule has 4 aromatic rings. The lowest BCUT2D eigenvalue weighted by Gasteiger charge is -2.51. The number of piperidine rings is 1. The summed E-state index contributed by atoms with van der Waals surface area (Å²) in [5, 5.41) is 16.1. The van der Waals surface area contributed by atoms with Crippen LogP contribution in [0, 0.1) is 11.8 Å². The fraction of sp³-hybridized carbons (Fsp3) is 0.447. The fourth-order valence-electron chi connectivity index (χ4n) is 8.86. The molecule has 0 unspecified atom stereocenters. The number of rotatable bonds is 10. The van der Waals surface area contributed by atoms with E-state index in [1.807, 2.05) is 60.7 Å². The summed E-state index contributed by atoms with van der Waals surface area (Å²) in [5.74, 6) is 0.601. The summed E-state index contributed by atoms with van der Waals surface area (Å²) in [6.45, 7) is 9.41. The summed E-state index contributed by atoms with van der Waals surface area (Å²) >= 11 is 0. The molecule has 2 amide bonds. The molecule has 55 heavy (non-hydrogen) atoms. The van der Waals surface area contributed by atoms with Crippen LogP contribution in [-0.2, 0) is 27.4 Å². The van der Waals surface area contributed by atoms with E-state index >= 15 is 0 Å². The van der Waals surface area contributed by atoms with Crippen molar-refractivity contribution in [3.63, 3.8) is 0 Å². The second kappa shape index (κ2) is 17.2. The molecule has 8 heteroatoms. The van der Waals surface area contributed by atoms with Gasteiger partial charge in [0.05, 0.1) is 24.9 Å². The molecule has 1 saturated carbocycles. The molecule has 3 fully saturated rings. The van der Waals surface area contributed by atoms with Gasteiger partial charge in [-0.1, -0.05) is 98.6 Å². The van der Waals surface area contributed by atoms with Crippen LogP contribution >= 0.6 is 0 Å². The molecule has 3 N–H and O–H groups in total. The third-order valence-electron chi connectivity index (χ3n) is 11.7. The predicted octanol–water partition coefficient (Wildman–Crippen LogP) is 8.51. The number of nitrogens with one attached hydrogen (secondary N) is 2. The molecular formula is C47H57N3O5. The number of hydrogen-bond donors (Lipinski definition) is 3. The van der Waals surface area contributed by atoms with Crippen molar-refractivity contribution in [1.82, 2.24) is 15.5 Å². The van der Waals surface area contributed by atoms with Crippen molar-refractivity contribution in [2.45, 2.75) is 115 Å². The Labute approximate surface area is 326 Å². The smallest absolute Gasteiger partial charge is 0.251 e. The second-order valence-electron chi connectivity index (χ2n) is 16.8. The lowest BCUT2D eigenvalue weighted by molar-refractivity contribution is -0.278. The van der Waals surface area contributed by atoms with Crippen LogP contribution in [0.4, 0.5) is 0 Å². The quantitative estimate of drug-likeness (QED) is 0.151. The number of ether oxygens (including phenoxy) is 2. The SMILES string of the molecule is C[C@H]1[C@@H](CN2[C@@H](C(=O)NC(C)(C)C)CC[C@H]3CCCC[C@H]32)O[C@@H](c2cccc(-c3cccc(CNC(=O)c4ccccc4)c3)c2)O[C@H]1c1ccc(CO)cc1. The van der Waals surface area contributed by atoms with E-state index in [0.717, 1.165) is 52.6 Å². The number of amides is 2. The van der Waals surface area contributed by atoms with Crippen molar-refractivity contribution in [1.29, 1.82) is 0 Å². The van der Waals surface area contributed by atoms with Crippen molar-refractivity contribution in [3.05, 3.63) is 131 Å². The number of aliphatic hydroxyl groups is 1. The minimum absolute atomic E-state index is 0.00233. The van der Waals surface area contributed by atoms with E-state index in [4.69, 9.17) is 9.47 Å². The van der Waals surface area contributed by atoms with Crippen molar-refractivity contribution in [2.24, 2.45) is 11.8 Å². The van der Waals surface area contributed by atoms with E-state index < -0.39 is 6.29 Å². The van der Waals surface area contributed by atoms with Gasteiger partial charge in [0.25, 0.3) is 5.91 Å². The summed E-state index contributed by atoms with van der Waals surface area (Å²) in [5.41, 5.74) is 6.21. The zero-order valence-electron chi connectivity index (χ0n) is 32.7. The molecule has 2 heterocycles. The van der Waals surface area contributed by atoms with Crippen LogP contribution in [0.15, 0.2) is 103 Å². The number of hydrogen-bond acceptors (Lipinski definition) is 6. The summed E-state index contributed by atoms with van der Waals surface area (Å²) in [4.78, 5) is 29.2. The molecule has 0 radical (unpaired) electrons. The number of carbonyl (C=O) groups excluding carboxylic acids is 2. The van der Waals surface area contributed by atoms with Crippen molar-refractivity contribution in [2.75, 3.05) is 6.54 Å². The number of aliphatic hydroxyl groups excluding tert-OH is 1. The van der Waals surface area contributed by atoms with Crippen LogP contribution in [0.25, 0.3) is 11.1 Å². The fourth-order valence-corrected chi connectivity index (χ4v) is 8.86. The van der Waals surface area contributed by atoms with E-state index in [1.165, 1.54) is 19.3 Å². The minimum Gasteiger partial charge on any atom is -0.392 e. The molecule has 0 aromatic heterocycles. The maximum Gasteiger partial charge on any atom is 0.251 e. The Bertz CT molecular complexity index is 1910. The van der Waals surface area contributed by atoms with Gasteiger partial charge in [-0.05, 0) is 104 Å². The normalized spacial score (nSPS) is 25.8. The number of benzene rings is 4. The van der Waals surface area contributed by atoms with Gasteiger partial charge in [0.15, 0.2) is 6.29 Å². The molecule has 1 aliphatic carbocycles. The first kappa shape index (κ1) is 38.9. The molecular weight excluding hydrogens is 687 g/mol. The van der Waals surface area contributed by atoms with Crippen molar-refractivity contribution < 1.29 is 24.2 Å². The van der Waals surface area contributed by atoms with Gasteiger partial charge < -0.3 is 25.2 Å². The van der Waals surface area contributed by atoms with Gasteiger partial charge in [0, 0.05) is 41.7 Å². The molecule has 7 atom stereocenters. The molecule has 2 aliphatic heterocycles. The molecule has 2 saturated heterocycles. The summed E-state index contributed by atoms with van der Waals surface area (Å²) in [6.07, 6.45) is 5.61. The van der Waals surface area contributed by atoms with Crippen LogP contribution < -0.4 is 10.6 Å². The summed E-state index contributed by atoms with van der Waals surface area (Å²) in [7, 11) is 0. The first-order valence-electron chi connectivity index (χ1n) is 20.2. The zero-order chi connectivity index (χ0) is 38.5. The molecule has 7 rings (SSSR count). The lowest BCUT2D eigenvalue weighted by Crippen LogP contribution is -2.61. The predicted molar refractivity (Wildman–Crippen MR) is 216 cm³/mol. The first-order chi connectivity index (χ1) is 26.6. The summed E-state index contributed by atoms with van der Waals surface area (Å²) < 4.78 is 13.9. The van der Waals surface area contributed by atoms with Gasteiger partial charge >= 0.3 is 0 Å². The van der Waals surface area contributed by atoms with Gasteiger partial charge in [0.1, 0.15) is 0 Å². The molecule has 290 valence electrons. The number of nitrogens with zero attached hydrogens (tertiary/aromatic N) is 1. The number of fused-ring (bicyclic) bond motifs is 1. The highest BCUT2D eigenvalue weighted by molar-refractivity contribution is 5.94. The van der Waals surface area contributed by atoms with Crippen LogP contribution in [0.5, 0.6) is 0 Å². The molecule has 0 bridgehead atoms. The highest BCUT2D eigenvalue weighted by atomic mass is 16.7. The van der Waals surface area contributed by atoms with Crippen LogP contribution in [0.1, 0.15) is 111 Å². The Hall–Kier alpha value is -4.34. The number of carbonyl (C=O) groups is 2. The largest absolute Gasteiger partial charge is 0.392 e. The van der Waals surface area contributed by atoms with Crippen LogP contribution in [0.2, 0.25) is 0 Å². The first-order valence-corrected chi connectivity index (χ1v) is 20.2. The van der Waals surface area contributed by atoms with Crippen LogP contribution in [0.3, 0.4) is 0 Å². The van der Waals surface area contributed by atoms with Crippen molar-refractivity contribution >= 4 is 11.8 Å². The Kier molecular flexibility index (Phi) is 12.2. The maximum absolute atomic E-state index is 13.9. The highest BCUT2D eigenvalue weighted by Crippen LogP contribution is 2.45. The van der Waals surface area contributed by atoms with Gasteiger partial charge in [-0.15, -0.1) is 0 Å². The average molecular weight is 744 g/mol. The molecule has 4 aromatic carbocycles. The Balaban J connectivity index is 1.16. The monoisotopic (exact) mass is 743 g/mol. The average Bonchev–Trinajstić information content (AvgIpc) is 3.20. The van der Waals surface area contributed by atoms with Crippen LogP contribution in [-0.4, -0.2) is 52.1 Å². The Morgan fingerprint density at radius 1 is 0.782 bits per heavy atom. The standard InChI is InChI=1S/C47H57N3O5/c1-31-42(29-50-40-19-9-8-13-34(40)24-25-41(50)45(53)49-47(2,3)4)54-46(55-43(31)35-22-20-32(30-51)21-23-35)39-18-11-17-38(27-39)37-16-10-12-33(26-37)28-48-44(52)36-14-6-5-7-15-36/h5-7,10-12,14-18,20-23,26-27,31,34,40-43,46,51H,8-9,13,19,24-25,28-30H2,1-4H3,(H,48,52)(H,49,53)/t31-,34+,40+,41+,42+,43+,46+/m0/s1. The Morgan fingerprint density at radius 3 is 2.25 bits per heavy atom. The molecule has 8 nitrogen and oxygen atoms in total. The zero-order valence-corrected chi connectivity index (χ0v) is 32.7. The lowest BCUT2D eigenvalue weighted by atomic mass is 9.75. The van der Waals surface area contributed by atoms with E-state index in [9.17, 15) is 14.7 Å². The van der Waals surface area contributed by atoms with Gasteiger partial charge in [-0.3, -0.25) is 14.5 Å². The third kappa shape index (κ3) is 9.38. The number of likely N-dealkylation sites (tertiary alicyclic amines) is 1. The van der Waals surface area contributed by atoms with Gasteiger partial charge in [-0.25, -0.2) is 0 Å². The Morgan fingerprint density at radius 2 is 1.51 bits per heavy atom. The van der Waals surface area contributed by atoms with Gasteiger partial charge in [-0.2, -0.15) is 0 Å². The van der Waals surface area contributed by atoms with Gasteiger partial charge in [0.2, 0.25) is 5.91 Å². The minimum atomic E-state index is -0.634. The third-order valence-corrected chi connectivity index (χ3v) is 11.7. The van der Waals surface area contributed by atoms with E-state index in [2.05, 4.69) is 85.7 Å². The highest BCUT2D eigenvalue weighted by Gasteiger charge is 2.46. The van der Waals surface area contributed by atoms with Crippen molar-refractivity contribution in [3.8, 4) is 11.1 Å². The topological polar surface area (TPSA) is 100 Å². The van der Waals surface area contributed by atoms with E-state index in [0.29, 0.717) is 30.6 Å². The second-order valence-corrected chi connectivity index (χ2v) is 16.8.